The molecular formula is C17H20O5. The zero-order chi connectivity index (χ0) is 15.6. The summed E-state index contributed by atoms with van der Waals surface area (Å²) in [7, 11) is 0. The van der Waals surface area contributed by atoms with Gasteiger partial charge in [-0.25, -0.2) is 0 Å². The summed E-state index contributed by atoms with van der Waals surface area (Å²) in [6, 6.07) is 0. The van der Waals surface area contributed by atoms with Gasteiger partial charge in [0.1, 0.15) is 18.0 Å². The van der Waals surface area contributed by atoms with E-state index in [4.69, 9.17) is 9.47 Å². The minimum atomic E-state index is -0.876. The van der Waals surface area contributed by atoms with Crippen LogP contribution in [-0.4, -0.2) is 28.4 Å². The van der Waals surface area contributed by atoms with Crippen molar-refractivity contribution in [3.63, 3.8) is 0 Å². The number of hydrogen-bond donors (Lipinski definition) is 2. The third-order valence-corrected chi connectivity index (χ3v) is 5.29. The Morgan fingerprint density at radius 3 is 2.23 bits per heavy atom. The molecule has 118 valence electrons. The fourth-order valence-corrected chi connectivity index (χ4v) is 4.10. The lowest BCUT2D eigenvalue weighted by molar-refractivity contribution is -0.147. The Morgan fingerprint density at radius 2 is 1.68 bits per heavy atom. The predicted octanol–water partition coefficient (Wildman–Crippen LogP) is 2.55. The summed E-state index contributed by atoms with van der Waals surface area (Å²) >= 11 is 0. The maximum Gasteiger partial charge on any atom is 0.314 e. The first-order valence-electron chi connectivity index (χ1n) is 7.92. The number of carboxylic acids is 1. The number of benzene rings is 1. The van der Waals surface area contributed by atoms with Gasteiger partial charge in [0, 0.05) is 29.5 Å². The Bertz CT molecular complexity index is 635. The molecule has 1 aromatic carbocycles. The molecule has 1 aromatic rings. The minimum Gasteiger partial charge on any atom is -0.504 e. The van der Waals surface area contributed by atoms with Crippen molar-refractivity contribution in [2.75, 3.05) is 0 Å². The van der Waals surface area contributed by atoms with Crippen LogP contribution in [0.2, 0.25) is 0 Å². The number of phenols is 1. The van der Waals surface area contributed by atoms with Gasteiger partial charge in [0.2, 0.25) is 0 Å². The molecule has 0 spiro atoms. The number of rotatable bonds is 2. The van der Waals surface area contributed by atoms with Gasteiger partial charge in [-0.1, -0.05) is 6.42 Å². The number of carboxylic acid groups (broad SMARTS) is 1. The van der Waals surface area contributed by atoms with Gasteiger partial charge in [-0.3, -0.25) is 4.79 Å². The standard InChI is InChI=1S/C17H20O5/c1-8-6-10-12(17(16(19)20)4-3-5-17)14-11(7-9(2)21-14)13(18)15(10)22-8/h8-9,18H,3-7H2,1-2H3,(H,19,20). The third kappa shape index (κ3) is 1.57. The monoisotopic (exact) mass is 304 g/mol. The zero-order valence-electron chi connectivity index (χ0n) is 12.8. The van der Waals surface area contributed by atoms with Crippen molar-refractivity contribution in [1.82, 2.24) is 0 Å². The molecule has 1 fully saturated rings. The van der Waals surface area contributed by atoms with E-state index in [1.54, 1.807) is 0 Å². The van der Waals surface area contributed by atoms with Crippen LogP contribution in [0.3, 0.4) is 0 Å². The van der Waals surface area contributed by atoms with Gasteiger partial charge < -0.3 is 19.7 Å². The SMILES string of the molecule is CC1Cc2c(c(O)c3c(c2C2(C(=O)O)CCC2)OC(C)C3)O1. The number of carbonyl (C=O) groups is 1. The molecule has 2 aliphatic heterocycles. The van der Waals surface area contributed by atoms with Gasteiger partial charge in [-0.15, -0.1) is 0 Å². The summed E-state index contributed by atoms with van der Waals surface area (Å²) in [4.78, 5) is 12.0. The Hall–Kier alpha value is -1.91. The van der Waals surface area contributed by atoms with Crippen molar-refractivity contribution in [1.29, 1.82) is 0 Å². The van der Waals surface area contributed by atoms with E-state index in [0.29, 0.717) is 42.7 Å². The Labute approximate surface area is 128 Å². The average molecular weight is 304 g/mol. The van der Waals surface area contributed by atoms with Crippen molar-refractivity contribution in [3.05, 3.63) is 16.7 Å². The molecule has 2 heterocycles. The highest BCUT2D eigenvalue weighted by Crippen LogP contribution is 2.58. The van der Waals surface area contributed by atoms with E-state index in [1.807, 2.05) is 13.8 Å². The van der Waals surface area contributed by atoms with Crippen molar-refractivity contribution in [2.45, 2.75) is 63.6 Å². The molecule has 2 atom stereocenters. The van der Waals surface area contributed by atoms with E-state index in [-0.39, 0.29) is 18.0 Å². The van der Waals surface area contributed by atoms with E-state index >= 15 is 0 Å². The van der Waals surface area contributed by atoms with Crippen LogP contribution in [0.25, 0.3) is 0 Å². The Kier molecular flexibility index (Phi) is 2.69. The largest absolute Gasteiger partial charge is 0.504 e. The van der Waals surface area contributed by atoms with Gasteiger partial charge in [0.25, 0.3) is 0 Å². The highest BCUT2D eigenvalue weighted by Gasteiger charge is 2.52. The average Bonchev–Trinajstić information content (AvgIpc) is 2.94. The lowest BCUT2D eigenvalue weighted by atomic mass is 9.62. The summed E-state index contributed by atoms with van der Waals surface area (Å²) < 4.78 is 11.7. The first-order chi connectivity index (χ1) is 10.4. The van der Waals surface area contributed by atoms with Crippen LogP contribution in [0.5, 0.6) is 17.2 Å². The van der Waals surface area contributed by atoms with Gasteiger partial charge in [0.15, 0.2) is 11.5 Å². The van der Waals surface area contributed by atoms with Crippen molar-refractivity contribution in [3.8, 4) is 17.2 Å². The summed E-state index contributed by atoms with van der Waals surface area (Å²) in [5, 5.41) is 20.4. The van der Waals surface area contributed by atoms with E-state index < -0.39 is 11.4 Å². The van der Waals surface area contributed by atoms with Crippen LogP contribution in [0.15, 0.2) is 0 Å². The van der Waals surface area contributed by atoms with Crippen LogP contribution >= 0.6 is 0 Å². The molecule has 4 rings (SSSR count). The van der Waals surface area contributed by atoms with Crippen LogP contribution in [0, 0.1) is 0 Å². The van der Waals surface area contributed by atoms with E-state index in [9.17, 15) is 15.0 Å². The van der Waals surface area contributed by atoms with E-state index in [0.717, 1.165) is 17.5 Å². The molecule has 0 radical (unpaired) electrons. The fraction of sp³-hybridized carbons (Fsp3) is 0.588. The molecule has 2 unspecified atom stereocenters. The van der Waals surface area contributed by atoms with Crippen LogP contribution in [0.4, 0.5) is 0 Å². The minimum absolute atomic E-state index is 0.0504. The number of ether oxygens (including phenoxy) is 2. The molecule has 1 aliphatic carbocycles. The molecule has 0 aromatic heterocycles. The smallest absolute Gasteiger partial charge is 0.314 e. The maximum atomic E-state index is 12.0. The highest BCUT2D eigenvalue weighted by atomic mass is 16.5. The fourth-order valence-electron chi connectivity index (χ4n) is 4.10. The Balaban J connectivity index is 2.01. The van der Waals surface area contributed by atoms with Crippen LogP contribution in [0.1, 0.15) is 49.8 Å². The van der Waals surface area contributed by atoms with Gasteiger partial charge in [0.05, 0.1) is 5.41 Å². The topological polar surface area (TPSA) is 76.0 Å². The summed E-state index contributed by atoms with van der Waals surface area (Å²) in [5.41, 5.74) is 1.44. The summed E-state index contributed by atoms with van der Waals surface area (Å²) in [5.74, 6) is 0.425. The second-order valence-electron chi connectivity index (χ2n) is 6.84. The first kappa shape index (κ1) is 13.7. The van der Waals surface area contributed by atoms with Crippen LogP contribution in [-0.2, 0) is 23.1 Å². The molecule has 5 heteroatoms. The normalized spacial score (nSPS) is 27.4. The summed E-state index contributed by atoms with van der Waals surface area (Å²) in [6.07, 6.45) is 3.27. The molecular weight excluding hydrogens is 284 g/mol. The lowest BCUT2D eigenvalue weighted by Gasteiger charge is -2.40. The van der Waals surface area contributed by atoms with Crippen molar-refractivity contribution < 1.29 is 24.5 Å². The molecule has 22 heavy (non-hydrogen) atoms. The number of phenolic OH excluding ortho intramolecular Hbond substituents is 1. The molecule has 2 N–H and O–H groups in total. The maximum absolute atomic E-state index is 12.0. The molecule has 0 amide bonds. The van der Waals surface area contributed by atoms with Crippen molar-refractivity contribution >= 4 is 5.97 Å². The molecule has 0 saturated heterocycles. The Morgan fingerprint density at radius 1 is 1.09 bits per heavy atom. The van der Waals surface area contributed by atoms with Gasteiger partial charge in [-0.2, -0.15) is 0 Å². The molecule has 0 bridgehead atoms. The summed E-state index contributed by atoms with van der Waals surface area (Å²) in [6.45, 7) is 3.87. The second kappa shape index (κ2) is 4.31. The van der Waals surface area contributed by atoms with Gasteiger partial charge in [-0.05, 0) is 26.7 Å². The third-order valence-electron chi connectivity index (χ3n) is 5.29. The first-order valence-corrected chi connectivity index (χ1v) is 7.92. The lowest BCUT2D eigenvalue weighted by Crippen LogP contribution is -2.43. The van der Waals surface area contributed by atoms with Gasteiger partial charge >= 0.3 is 5.97 Å². The van der Waals surface area contributed by atoms with Crippen molar-refractivity contribution in [2.24, 2.45) is 0 Å². The zero-order valence-corrected chi connectivity index (χ0v) is 12.8. The predicted molar refractivity (Wildman–Crippen MR) is 78.9 cm³/mol. The number of aliphatic carboxylic acids is 1. The van der Waals surface area contributed by atoms with E-state index in [2.05, 4.69) is 0 Å². The van der Waals surface area contributed by atoms with Crippen LogP contribution < -0.4 is 9.47 Å². The van der Waals surface area contributed by atoms with E-state index in [1.165, 1.54) is 0 Å². The quantitative estimate of drug-likeness (QED) is 0.878. The molecule has 5 nitrogen and oxygen atoms in total. The second-order valence-corrected chi connectivity index (χ2v) is 6.84. The molecule has 1 saturated carbocycles. The number of aromatic hydroxyl groups is 1. The number of hydrogen-bond acceptors (Lipinski definition) is 4. The highest BCUT2D eigenvalue weighted by molar-refractivity contribution is 5.86. The molecule has 3 aliphatic rings. The number of fused-ring (bicyclic) bond motifs is 2.